The first-order valence-corrected chi connectivity index (χ1v) is 20.5. The van der Waals surface area contributed by atoms with Crippen molar-refractivity contribution >= 4 is 38.9 Å². The van der Waals surface area contributed by atoms with E-state index in [0.717, 1.165) is 28.3 Å². The summed E-state index contributed by atoms with van der Waals surface area (Å²) in [4.78, 5) is 2.51. The Bertz CT molecular complexity index is 3190. The van der Waals surface area contributed by atoms with Gasteiger partial charge in [-0.05, 0) is 87.0 Å². The van der Waals surface area contributed by atoms with Gasteiger partial charge >= 0.3 is 0 Å². The van der Waals surface area contributed by atoms with Gasteiger partial charge in [-0.2, -0.15) is 0 Å². The molecule has 2 nitrogen and oxygen atoms in total. The summed E-state index contributed by atoms with van der Waals surface area (Å²) in [5, 5.41) is 2.42. The summed E-state index contributed by atoms with van der Waals surface area (Å²) >= 11 is 0. The maximum absolute atomic E-state index is 2.51. The van der Waals surface area contributed by atoms with Gasteiger partial charge in [0.1, 0.15) is 0 Å². The average Bonchev–Trinajstić information content (AvgIpc) is 3.76. The molecule has 0 bridgehead atoms. The maximum atomic E-state index is 2.51. The smallest absolute Gasteiger partial charge is 0.0562 e. The van der Waals surface area contributed by atoms with E-state index in [1.54, 1.807) is 0 Å². The van der Waals surface area contributed by atoms with Crippen LogP contribution in [0.5, 0.6) is 0 Å². The van der Waals surface area contributed by atoms with Gasteiger partial charge in [0.05, 0.1) is 28.1 Å². The number of anilines is 3. The Labute approximate surface area is 345 Å². The lowest BCUT2D eigenvalue weighted by molar-refractivity contribution is 0.660. The predicted octanol–water partition coefficient (Wildman–Crippen LogP) is 15.6. The van der Waals surface area contributed by atoms with Crippen LogP contribution in [0.25, 0.3) is 72.0 Å². The van der Waals surface area contributed by atoms with Crippen LogP contribution in [0.3, 0.4) is 0 Å². The quantitative estimate of drug-likeness (QED) is 0.157. The molecule has 59 heavy (non-hydrogen) atoms. The van der Waals surface area contributed by atoms with Crippen molar-refractivity contribution in [3.05, 3.63) is 230 Å². The summed E-state index contributed by atoms with van der Waals surface area (Å²) in [5.41, 5.74) is 19.3. The second kappa shape index (κ2) is 13.9. The molecule has 280 valence electrons. The van der Waals surface area contributed by atoms with Crippen LogP contribution in [0.2, 0.25) is 0 Å². The van der Waals surface area contributed by atoms with E-state index in [4.69, 9.17) is 0 Å². The third kappa shape index (κ3) is 5.56. The summed E-state index contributed by atoms with van der Waals surface area (Å²) in [6.45, 7) is 4.73. The van der Waals surface area contributed by atoms with Crippen LogP contribution in [0.1, 0.15) is 25.0 Å². The van der Waals surface area contributed by atoms with Crippen LogP contribution in [-0.4, -0.2) is 4.57 Å². The van der Waals surface area contributed by atoms with E-state index in [0.29, 0.717) is 0 Å². The third-order valence-electron chi connectivity index (χ3n) is 12.4. The van der Waals surface area contributed by atoms with E-state index in [1.165, 1.54) is 71.9 Å². The molecule has 0 N–H and O–H groups in total. The molecular weight excluding hydrogens is 713 g/mol. The van der Waals surface area contributed by atoms with E-state index < -0.39 is 0 Å². The lowest BCUT2D eigenvalue weighted by Crippen LogP contribution is -2.17. The normalized spacial score (nSPS) is 12.7. The van der Waals surface area contributed by atoms with Gasteiger partial charge in [0.2, 0.25) is 0 Å². The third-order valence-corrected chi connectivity index (χ3v) is 12.4. The molecule has 0 radical (unpaired) electrons. The molecule has 0 fully saturated rings. The second-order valence-corrected chi connectivity index (χ2v) is 16.1. The standard InChI is InChI=1S/C57H42N2/c1-57(2)49-30-15-11-27-45(49)46-37-36-41(38-50(46)57)58(51-31-16-12-25-43(51)40-22-7-4-8-23-40)54-34-19-35-55-56(54)48-29-14-18-33-53(48)59(55)52-32-17-13-28-47(52)44-26-10-9-24-42(44)39-20-5-3-6-21-39/h3-38H,1-2H3. The Hall–Kier alpha value is -7.42. The van der Waals surface area contributed by atoms with Gasteiger partial charge in [0.15, 0.2) is 0 Å². The van der Waals surface area contributed by atoms with E-state index in [1.807, 2.05) is 0 Å². The molecule has 1 aliphatic rings. The summed E-state index contributed by atoms with van der Waals surface area (Å²) in [6.07, 6.45) is 0. The van der Waals surface area contributed by atoms with Crippen molar-refractivity contribution < 1.29 is 0 Å². The first kappa shape index (κ1) is 34.8. The lowest BCUT2D eigenvalue weighted by Gasteiger charge is -2.30. The zero-order chi connectivity index (χ0) is 39.5. The van der Waals surface area contributed by atoms with Crippen molar-refractivity contribution in [3.63, 3.8) is 0 Å². The molecule has 0 unspecified atom stereocenters. The first-order chi connectivity index (χ1) is 29.1. The fraction of sp³-hybridized carbons (Fsp3) is 0.0526. The van der Waals surface area contributed by atoms with Gasteiger partial charge in [-0.25, -0.2) is 0 Å². The van der Waals surface area contributed by atoms with Crippen LogP contribution < -0.4 is 4.90 Å². The van der Waals surface area contributed by atoms with Crippen LogP contribution in [0.4, 0.5) is 17.1 Å². The van der Waals surface area contributed by atoms with Crippen molar-refractivity contribution in [1.82, 2.24) is 4.57 Å². The number of hydrogen-bond acceptors (Lipinski definition) is 1. The minimum absolute atomic E-state index is 0.145. The topological polar surface area (TPSA) is 8.17 Å². The molecule has 0 atom stereocenters. The number of aromatic nitrogens is 1. The molecule has 1 aliphatic carbocycles. The van der Waals surface area contributed by atoms with E-state index >= 15 is 0 Å². The van der Waals surface area contributed by atoms with E-state index in [9.17, 15) is 0 Å². The van der Waals surface area contributed by atoms with Gasteiger partial charge in [-0.15, -0.1) is 0 Å². The highest BCUT2D eigenvalue weighted by Gasteiger charge is 2.36. The van der Waals surface area contributed by atoms with Gasteiger partial charge in [-0.3, -0.25) is 0 Å². The molecule has 9 aromatic carbocycles. The lowest BCUT2D eigenvalue weighted by atomic mass is 9.82. The fourth-order valence-corrected chi connectivity index (χ4v) is 9.70. The van der Waals surface area contributed by atoms with E-state index in [2.05, 4.69) is 242 Å². The molecule has 11 rings (SSSR count). The number of rotatable bonds is 7. The number of benzene rings is 9. The SMILES string of the molecule is CC1(C)c2ccccc2-c2ccc(N(c3ccccc3-c3ccccc3)c3cccc4c3c3ccccc3n4-c3ccccc3-c3ccccc3-c3ccccc3)cc21. The van der Waals surface area contributed by atoms with Crippen molar-refractivity contribution in [1.29, 1.82) is 0 Å². The predicted molar refractivity (Wildman–Crippen MR) is 249 cm³/mol. The van der Waals surface area contributed by atoms with Crippen LogP contribution in [0, 0.1) is 0 Å². The number of nitrogens with zero attached hydrogens (tertiary/aromatic N) is 2. The largest absolute Gasteiger partial charge is 0.309 e. The van der Waals surface area contributed by atoms with Gasteiger partial charge in [-0.1, -0.05) is 190 Å². The number of fused-ring (bicyclic) bond motifs is 6. The highest BCUT2D eigenvalue weighted by Crippen LogP contribution is 2.52. The molecule has 2 heteroatoms. The Balaban J connectivity index is 1.19. The van der Waals surface area contributed by atoms with E-state index in [-0.39, 0.29) is 5.41 Å². The molecular formula is C57H42N2. The summed E-state index contributed by atoms with van der Waals surface area (Å²) in [5.74, 6) is 0. The van der Waals surface area contributed by atoms with Crippen LogP contribution >= 0.6 is 0 Å². The van der Waals surface area contributed by atoms with Crippen LogP contribution in [-0.2, 0) is 5.41 Å². The Morgan fingerprint density at radius 1 is 0.373 bits per heavy atom. The van der Waals surface area contributed by atoms with Gasteiger partial charge in [0, 0.05) is 33.0 Å². The highest BCUT2D eigenvalue weighted by atomic mass is 15.2. The average molecular weight is 755 g/mol. The minimum atomic E-state index is -0.145. The molecule has 0 saturated carbocycles. The monoisotopic (exact) mass is 754 g/mol. The van der Waals surface area contributed by atoms with Crippen molar-refractivity contribution in [2.24, 2.45) is 0 Å². The zero-order valence-electron chi connectivity index (χ0n) is 33.2. The fourth-order valence-electron chi connectivity index (χ4n) is 9.70. The minimum Gasteiger partial charge on any atom is -0.309 e. The second-order valence-electron chi connectivity index (χ2n) is 16.1. The van der Waals surface area contributed by atoms with Gasteiger partial charge < -0.3 is 9.47 Å². The number of hydrogen-bond donors (Lipinski definition) is 0. The van der Waals surface area contributed by atoms with Crippen molar-refractivity contribution in [3.8, 4) is 50.2 Å². The summed E-state index contributed by atoms with van der Waals surface area (Å²) < 4.78 is 2.48. The Kier molecular flexibility index (Phi) is 8.20. The molecule has 0 spiro atoms. The molecule has 0 aliphatic heterocycles. The van der Waals surface area contributed by atoms with Gasteiger partial charge in [0.25, 0.3) is 0 Å². The molecule has 10 aromatic rings. The first-order valence-electron chi connectivity index (χ1n) is 20.5. The molecule has 0 amide bonds. The Morgan fingerprint density at radius 3 is 1.69 bits per heavy atom. The highest BCUT2D eigenvalue weighted by molar-refractivity contribution is 6.17. The zero-order valence-corrected chi connectivity index (χ0v) is 33.2. The van der Waals surface area contributed by atoms with Crippen molar-refractivity contribution in [2.45, 2.75) is 19.3 Å². The maximum Gasteiger partial charge on any atom is 0.0562 e. The van der Waals surface area contributed by atoms with Crippen molar-refractivity contribution in [2.75, 3.05) is 4.90 Å². The van der Waals surface area contributed by atoms with Crippen LogP contribution in [0.15, 0.2) is 218 Å². The molecule has 1 aromatic heterocycles. The molecule has 0 saturated heterocycles. The molecule has 1 heterocycles. The summed E-state index contributed by atoms with van der Waals surface area (Å²) in [7, 11) is 0. The summed E-state index contributed by atoms with van der Waals surface area (Å²) in [6, 6.07) is 79.8. The number of para-hydroxylation sites is 3. The Morgan fingerprint density at radius 2 is 0.915 bits per heavy atom.